The van der Waals surface area contributed by atoms with Crippen LogP contribution in [0.2, 0.25) is 5.15 Å². The summed E-state index contributed by atoms with van der Waals surface area (Å²) in [6.07, 6.45) is 3.31. The van der Waals surface area contributed by atoms with Crippen molar-refractivity contribution in [1.82, 2.24) is 29.3 Å². The summed E-state index contributed by atoms with van der Waals surface area (Å²) < 4.78 is 3.53. The van der Waals surface area contributed by atoms with Crippen LogP contribution in [0.4, 0.5) is 0 Å². The Labute approximate surface area is 192 Å². The summed E-state index contributed by atoms with van der Waals surface area (Å²) in [5.41, 5.74) is 2.51. The topological polar surface area (TPSA) is 78.5 Å². The normalized spacial score (nSPS) is 11.2. The number of benzene rings is 2. The molecule has 0 bridgehead atoms. The maximum atomic E-state index is 13.0. The molecular formula is C23H17ClN6OS. The fourth-order valence-electron chi connectivity index (χ4n) is 3.34. The Balaban J connectivity index is 1.50. The quantitative estimate of drug-likeness (QED) is 0.276. The number of thioether (sulfide) groups is 1. The molecule has 0 N–H and O–H groups in total. The molecule has 0 aliphatic heterocycles. The second-order valence-electron chi connectivity index (χ2n) is 7.04. The molecule has 0 atom stereocenters. The van der Waals surface area contributed by atoms with Crippen LogP contribution < -0.4 is 5.56 Å². The molecule has 32 heavy (non-hydrogen) atoms. The van der Waals surface area contributed by atoms with Crippen molar-refractivity contribution in [2.45, 2.75) is 17.5 Å². The van der Waals surface area contributed by atoms with E-state index in [0.717, 1.165) is 16.4 Å². The molecule has 0 spiro atoms. The van der Waals surface area contributed by atoms with E-state index in [4.69, 9.17) is 11.6 Å². The minimum Gasteiger partial charge on any atom is -0.291 e. The number of hydrogen-bond acceptors (Lipinski definition) is 6. The lowest BCUT2D eigenvalue weighted by molar-refractivity contribution is 0.685. The number of rotatable bonds is 6. The Hall–Kier alpha value is -3.49. The zero-order chi connectivity index (χ0) is 21.9. The highest BCUT2D eigenvalue weighted by molar-refractivity contribution is 7.98. The third-order valence-electron chi connectivity index (χ3n) is 4.91. The number of aromatic nitrogens is 6. The monoisotopic (exact) mass is 460 g/mol. The van der Waals surface area contributed by atoms with Gasteiger partial charge < -0.3 is 0 Å². The van der Waals surface area contributed by atoms with E-state index in [2.05, 4.69) is 20.2 Å². The molecule has 7 nitrogen and oxygen atoms in total. The van der Waals surface area contributed by atoms with E-state index in [1.807, 2.05) is 59.2 Å². The van der Waals surface area contributed by atoms with Gasteiger partial charge in [0.05, 0.1) is 23.8 Å². The molecule has 9 heteroatoms. The van der Waals surface area contributed by atoms with Crippen LogP contribution in [-0.4, -0.2) is 29.3 Å². The van der Waals surface area contributed by atoms with Crippen LogP contribution in [0.15, 0.2) is 89.2 Å². The smallest absolute Gasteiger partial charge is 0.261 e. The predicted molar refractivity (Wildman–Crippen MR) is 125 cm³/mol. The van der Waals surface area contributed by atoms with E-state index in [-0.39, 0.29) is 12.1 Å². The molecule has 2 aromatic carbocycles. The number of pyridine rings is 1. The molecule has 0 amide bonds. The van der Waals surface area contributed by atoms with E-state index >= 15 is 0 Å². The van der Waals surface area contributed by atoms with E-state index in [9.17, 15) is 4.79 Å². The van der Waals surface area contributed by atoms with Gasteiger partial charge in [-0.15, -0.1) is 10.2 Å². The zero-order valence-electron chi connectivity index (χ0n) is 16.8. The van der Waals surface area contributed by atoms with Gasteiger partial charge in [0.15, 0.2) is 11.0 Å². The number of nitrogens with zero attached hydrogens (tertiary/aromatic N) is 6. The van der Waals surface area contributed by atoms with Crippen LogP contribution in [0.5, 0.6) is 0 Å². The first-order chi connectivity index (χ1) is 15.7. The number of para-hydroxylation sites is 2. The SMILES string of the molecule is O=c1c2ccccc2ncn1Cc1nnc(SCc2ccc(Cl)nc2)n1-c1ccccc1. The van der Waals surface area contributed by atoms with Crippen LogP contribution in [0.25, 0.3) is 16.6 Å². The molecule has 0 aliphatic carbocycles. The fraction of sp³-hybridized carbons (Fsp3) is 0.0870. The fourth-order valence-corrected chi connectivity index (χ4v) is 4.36. The first-order valence-corrected chi connectivity index (χ1v) is 11.2. The first-order valence-electron chi connectivity index (χ1n) is 9.86. The van der Waals surface area contributed by atoms with Gasteiger partial charge in [0, 0.05) is 17.6 Å². The van der Waals surface area contributed by atoms with Gasteiger partial charge in [-0.3, -0.25) is 13.9 Å². The average Bonchev–Trinajstić information content (AvgIpc) is 3.23. The third-order valence-corrected chi connectivity index (χ3v) is 6.14. The molecule has 0 radical (unpaired) electrons. The van der Waals surface area contributed by atoms with E-state index < -0.39 is 0 Å². The van der Waals surface area contributed by atoms with Crippen LogP contribution in [-0.2, 0) is 12.3 Å². The van der Waals surface area contributed by atoms with Gasteiger partial charge >= 0.3 is 0 Å². The molecule has 5 aromatic rings. The van der Waals surface area contributed by atoms with Crippen molar-refractivity contribution < 1.29 is 0 Å². The minimum atomic E-state index is -0.111. The lowest BCUT2D eigenvalue weighted by atomic mass is 10.2. The van der Waals surface area contributed by atoms with Gasteiger partial charge in [0.25, 0.3) is 5.56 Å². The minimum absolute atomic E-state index is 0.111. The van der Waals surface area contributed by atoms with Crippen molar-refractivity contribution in [3.05, 3.63) is 106 Å². The molecule has 0 unspecified atom stereocenters. The highest BCUT2D eigenvalue weighted by Gasteiger charge is 2.16. The summed E-state index contributed by atoms with van der Waals surface area (Å²) in [4.78, 5) is 21.5. The second-order valence-corrected chi connectivity index (χ2v) is 8.37. The summed E-state index contributed by atoms with van der Waals surface area (Å²) in [7, 11) is 0. The highest BCUT2D eigenvalue weighted by Crippen LogP contribution is 2.25. The van der Waals surface area contributed by atoms with Crippen LogP contribution in [0.1, 0.15) is 11.4 Å². The Morgan fingerprint density at radius 3 is 2.53 bits per heavy atom. The van der Waals surface area contributed by atoms with Gasteiger partial charge in [-0.25, -0.2) is 9.97 Å². The third kappa shape index (κ3) is 4.15. The Morgan fingerprint density at radius 1 is 0.906 bits per heavy atom. The lowest BCUT2D eigenvalue weighted by Crippen LogP contribution is -2.22. The van der Waals surface area contributed by atoms with Crippen LogP contribution in [0, 0.1) is 0 Å². The van der Waals surface area contributed by atoms with Crippen molar-refractivity contribution >= 4 is 34.3 Å². The number of halogens is 1. The first kappa shape index (κ1) is 20.4. The van der Waals surface area contributed by atoms with Crippen molar-refractivity contribution in [3.8, 4) is 5.69 Å². The van der Waals surface area contributed by atoms with Crippen molar-refractivity contribution in [1.29, 1.82) is 0 Å². The molecule has 0 saturated carbocycles. The second kappa shape index (κ2) is 8.94. The van der Waals surface area contributed by atoms with Crippen LogP contribution >= 0.6 is 23.4 Å². The maximum Gasteiger partial charge on any atom is 0.261 e. The summed E-state index contributed by atoms with van der Waals surface area (Å²) in [6.45, 7) is 0.252. The summed E-state index contributed by atoms with van der Waals surface area (Å²) >= 11 is 7.43. The standard InChI is InChI=1S/C23H17ClN6OS/c24-20-11-10-16(12-25-20)14-32-23-28-27-21(30(23)17-6-2-1-3-7-17)13-29-15-26-19-9-5-4-8-18(19)22(29)31/h1-12,15H,13-14H2. The van der Waals surface area contributed by atoms with Gasteiger partial charge in [0.1, 0.15) is 5.15 Å². The maximum absolute atomic E-state index is 13.0. The Morgan fingerprint density at radius 2 is 1.72 bits per heavy atom. The Kier molecular flexibility index (Phi) is 5.70. The molecule has 0 fully saturated rings. The number of fused-ring (bicyclic) bond motifs is 1. The molecule has 3 aromatic heterocycles. The molecule has 158 valence electrons. The molecular weight excluding hydrogens is 444 g/mol. The highest BCUT2D eigenvalue weighted by atomic mass is 35.5. The zero-order valence-corrected chi connectivity index (χ0v) is 18.4. The van der Waals surface area contributed by atoms with E-state index in [1.54, 1.807) is 41.0 Å². The van der Waals surface area contributed by atoms with E-state index in [1.165, 1.54) is 0 Å². The molecule has 3 heterocycles. The van der Waals surface area contributed by atoms with Crippen molar-refractivity contribution in [2.24, 2.45) is 0 Å². The van der Waals surface area contributed by atoms with Crippen molar-refractivity contribution in [2.75, 3.05) is 0 Å². The number of hydrogen-bond donors (Lipinski definition) is 0. The predicted octanol–water partition coefficient (Wildman–Crippen LogP) is 4.37. The van der Waals surface area contributed by atoms with Gasteiger partial charge in [-0.05, 0) is 35.9 Å². The lowest BCUT2D eigenvalue weighted by Gasteiger charge is -2.11. The Bertz CT molecular complexity index is 1430. The van der Waals surface area contributed by atoms with Crippen LogP contribution in [0.3, 0.4) is 0 Å². The molecule has 0 aliphatic rings. The van der Waals surface area contributed by atoms with Gasteiger partial charge in [-0.2, -0.15) is 0 Å². The summed E-state index contributed by atoms with van der Waals surface area (Å²) in [5.74, 6) is 1.30. The summed E-state index contributed by atoms with van der Waals surface area (Å²) in [6, 6.07) is 20.9. The molecule has 0 saturated heterocycles. The van der Waals surface area contributed by atoms with Crippen molar-refractivity contribution in [3.63, 3.8) is 0 Å². The van der Waals surface area contributed by atoms with Gasteiger partial charge in [0.2, 0.25) is 0 Å². The molecule has 5 rings (SSSR count). The van der Waals surface area contributed by atoms with E-state index in [0.29, 0.717) is 27.6 Å². The summed E-state index contributed by atoms with van der Waals surface area (Å²) in [5, 5.41) is 10.6. The van der Waals surface area contributed by atoms with Gasteiger partial charge in [-0.1, -0.05) is 59.8 Å². The average molecular weight is 461 g/mol. The largest absolute Gasteiger partial charge is 0.291 e.